The van der Waals surface area contributed by atoms with Gasteiger partial charge in [-0.3, -0.25) is 9.59 Å². The highest BCUT2D eigenvalue weighted by Crippen LogP contribution is 2.29. The first-order valence-electron chi connectivity index (χ1n) is 8.81. The van der Waals surface area contributed by atoms with Gasteiger partial charge in [0.05, 0.1) is 0 Å². The van der Waals surface area contributed by atoms with Crippen molar-refractivity contribution < 1.29 is 27.5 Å². The Bertz CT molecular complexity index is 824. The topological polar surface area (TPSA) is 58.6 Å². The molecule has 9 heteroatoms. The van der Waals surface area contributed by atoms with Gasteiger partial charge < -0.3 is 15.0 Å². The lowest BCUT2D eigenvalue weighted by atomic mass is 10.2. The number of alkyl halides is 3. The molecule has 1 aromatic heterocycles. The van der Waals surface area contributed by atoms with Crippen LogP contribution in [0.5, 0.6) is 5.75 Å². The fourth-order valence-corrected chi connectivity index (χ4v) is 3.81. The van der Waals surface area contributed by atoms with E-state index >= 15 is 0 Å². The molecule has 1 saturated heterocycles. The van der Waals surface area contributed by atoms with Gasteiger partial charge >= 0.3 is 6.36 Å². The van der Waals surface area contributed by atoms with E-state index in [0.29, 0.717) is 31.5 Å². The highest BCUT2D eigenvalue weighted by atomic mass is 32.1. The number of nitrogens with one attached hydrogen (secondary N) is 1. The smallest absolute Gasteiger partial charge is 0.406 e. The molecule has 1 aliphatic rings. The van der Waals surface area contributed by atoms with Crippen LogP contribution in [0.15, 0.2) is 41.8 Å². The van der Waals surface area contributed by atoms with Gasteiger partial charge in [0.1, 0.15) is 11.8 Å². The lowest BCUT2D eigenvalue weighted by Gasteiger charge is -2.18. The Kier molecular flexibility index (Phi) is 6.23. The van der Waals surface area contributed by atoms with Gasteiger partial charge in [-0.05, 0) is 42.8 Å². The summed E-state index contributed by atoms with van der Waals surface area (Å²) in [4.78, 5) is 27.2. The zero-order valence-electron chi connectivity index (χ0n) is 14.9. The van der Waals surface area contributed by atoms with Crippen LogP contribution in [0.1, 0.15) is 24.1 Å². The minimum absolute atomic E-state index is 0.203. The summed E-state index contributed by atoms with van der Waals surface area (Å²) < 4.78 is 41.0. The third-order valence-corrected chi connectivity index (χ3v) is 5.25. The molecule has 1 aromatic carbocycles. The van der Waals surface area contributed by atoms with Crippen LogP contribution in [0.3, 0.4) is 0 Å². The van der Waals surface area contributed by atoms with Crippen molar-refractivity contribution in [1.82, 2.24) is 5.32 Å². The second-order valence-corrected chi connectivity index (χ2v) is 7.41. The predicted octanol–water partition coefficient (Wildman–Crippen LogP) is 3.89. The Morgan fingerprint density at radius 3 is 2.82 bits per heavy atom. The number of carbonyl (C=O) groups excluding carboxylic acids is 2. The van der Waals surface area contributed by atoms with Crippen molar-refractivity contribution in [2.45, 2.75) is 38.1 Å². The number of nitrogens with zero attached hydrogens (tertiary/aromatic N) is 1. The molecule has 1 N–H and O–H groups in total. The number of rotatable bonds is 7. The average molecular weight is 412 g/mol. The lowest BCUT2D eigenvalue weighted by molar-refractivity contribution is -0.274. The summed E-state index contributed by atoms with van der Waals surface area (Å²) in [6.45, 7) is 0.314. The van der Waals surface area contributed by atoms with Gasteiger partial charge in [0.15, 0.2) is 0 Å². The molecule has 1 fully saturated rings. The number of ether oxygens (including phenoxy) is 1. The van der Waals surface area contributed by atoms with Crippen LogP contribution in [0.2, 0.25) is 0 Å². The first kappa shape index (κ1) is 20.2. The summed E-state index contributed by atoms with van der Waals surface area (Å²) in [5.41, 5.74) is 0.307. The Morgan fingerprint density at radius 1 is 1.29 bits per heavy atom. The summed E-state index contributed by atoms with van der Waals surface area (Å²) in [5.74, 6) is -0.930. The van der Waals surface area contributed by atoms with Crippen LogP contribution in [0.25, 0.3) is 0 Å². The van der Waals surface area contributed by atoms with Gasteiger partial charge in [0.2, 0.25) is 11.8 Å². The number of anilines is 1. The predicted molar refractivity (Wildman–Crippen MR) is 99.3 cm³/mol. The quantitative estimate of drug-likeness (QED) is 0.751. The van der Waals surface area contributed by atoms with Crippen molar-refractivity contribution in [3.05, 3.63) is 46.7 Å². The van der Waals surface area contributed by atoms with Crippen LogP contribution in [0.4, 0.5) is 18.9 Å². The van der Waals surface area contributed by atoms with Gasteiger partial charge in [-0.1, -0.05) is 12.1 Å². The molecule has 1 unspecified atom stereocenters. The molecule has 5 nitrogen and oxygen atoms in total. The Morgan fingerprint density at radius 2 is 2.11 bits per heavy atom. The first-order valence-corrected chi connectivity index (χ1v) is 9.69. The number of benzene rings is 1. The molecule has 28 heavy (non-hydrogen) atoms. The van der Waals surface area contributed by atoms with E-state index in [-0.39, 0.29) is 17.6 Å². The molecular formula is C19H19F3N2O3S. The molecule has 2 heterocycles. The number of carbonyl (C=O) groups is 2. The standard InChI is InChI=1S/C19H19F3N2O3S/c20-19(21,22)27-14-5-1-4-13(12-14)24-10-9-16(18(24)26)23-17(25)8-2-6-15-7-3-11-28-15/h1,3-5,7,11-12,16H,2,6,8-10H2,(H,23,25). The summed E-state index contributed by atoms with van der Waals surface area (Å²) in [7, 11) is 0. The number of hydrogen-bond donors (Lipinski definition) is 1. The normalized spacial score (nSPS) is 17.0. The fraction of sp³-hybridized carbons (Fsp3) is 0.368. The molecule has 0 bridgehead atoms. The molecule has 2 amide bonds. The van der Waals surface area contributed by atoms with E-state index in [4.69, 9.17) is 0 Å². The van der Waals surface area contributed by atoms with E-state index in [0.717, 1.165) is 12.5 Å². The maximum absolute atomic E-state index is 12.5. The van der Waals surface area contributed by atoms with Gasteiger partial charge in [-0.25, -0.2) is 0 Å². The fourth-order valence-electron chi connectivity index (χ4n) is 3.06. The minimum Gasteiger partial charge on any atom is -0.406 e. The van der Waals surface area contributed by atoms with Crippen molar-refractivity contribution in [2.75, 3.05) is 11.4 Å². The molecule has 0 saturated carbocycles. The third-order valence-electron chi connectivity index (χ3n) is 4.31. The van der Waals surface area contributed by atoms with E-state index in [1.165, 1.54) is 28.0 Å². The summed E-state index contributed by atoms with van der Waals surface area (Å²) >= 11 is 1.64. The van der Waals surface area contributed by atoms with Crippen LogP contribution >= 0.6 is 11.3 Å². The van der Waals surface area contributed by atoms with Gasteiger partial charge in [0.25, 0.3) is 0 Å². The van der Waals surface area contributed by atoms with Crippen molar-refractivity contribution in [3.8, 4) is 5.75 Å². The molecule has 0 aliphatic carbocycles. The number of hydrogen-bond acceptors (Lipinski definition) is 4. The zero-order chi connectivity index (χ0) is 20.1. The Balaban J connectivity index is 1.52. The van der Waals surface area contributed by atoms with E-state index in [1.54, 1.807) is 11.3 Å². The van der Waals surface area contributed by atoms with Crippen LogP contribution in [-0.2, 0) is 16.0 Å². The van der Waals surface area contributed by atoms with E-state index in [2.05, 4.69) is 10.1 Å². The summed E-state index contributed by atoms with van der Waals surface area (Å²) in [6, 6.07) is 8.56. The Hall–Kier alpha value is -2.55. The number of thiophene rings is 1. The highest BCUT2D eigenvalue weighted by Gasteiger charge is 2.35. The van der Waals surface area contributed by atoms with Crippen LogP contribution < -0.4 is 15.0 Å². The van der Waals surface area contributed by atoms with Gasteiger partial charge in [0, 0.05) is 29.6 Å². The SMILES string of the molecule is O=C(CCCc1cccs1)NC1CCN(c2cccc(OC(F)(F)F)c2)C1=O. The van der Waals surface area contributed by atoms with Gasteiger partial charge in [-0.2, -0.15) is 0 Å². The van der Waals surface area contributed by atoms with E-state index in [1.807, 2.05) is 17.5 Å². The average Bonchev–Trinajstić information content (AvgIpc) is 3.24. The first-order chi connectivity index (χ1) is 13.3. The third kappa shape index (κ3) is 5.48. The molecule has 1 aliphatic heterocycles. The van der Waals surface area contributed by atoms with Gasteiger partial charge in [-0.15, -0.1) is 24.5 Å². The maximum atomic E-state index is 12.5. The van der Waals surface area contributed by atoms with Crippen LogP contribution in [0, 0.1) is 0 Å². The molecular weight excluding hydrogens is 393 g/mol. The van der Waals surface area contributed by atoms with E-state index in [9.17, 15) is 22.8 Å². The number of amides is 2. The molecule has 0 radical (unpaired) electrons. The second kappa shape index (κ2) is 8.64. The molecule has 3 rings (SSSR count). The zero-order valence-corrected chi connectivity index (χ0v) is 15.7. The maximum Gasteiger partial charge on any atom is 0.573 e. The van der Waals surface area contributed by atoms with E-state index < -0.39 is 12.4 Å². The molecule has 150 valence electrons. The lowest BCUT2D eigenvalue weighted by Crippen LogP contribution is -2.41. The Labute approximate surface area is 164 Å². The minimum atomic E-state index is -4.80. The second-order valence-electron chi connectivity index (χ2n) is 6.38. The monoisotopic (exact) mass is 412 g/mol. The van der Waals surface area contributed by atoms with Crippen molar-refractivity contribution >= 4 is 28.8 Å². The molecule has 2 aromatic rings. The van der Waals surface area contributed by atoms with Crippen molar-refractivity contribution in [3.63, 3.8) is 0 Å². The highest BCUT2D eigenvalue weighted by molar-refractivity contribution is 7.09. The summed E-state index contributed by atoms with van der Waals surface area (Å²) in [5, 5.41) is 4.71. The van der Waals surface area contributed by atoms with Crippen molar-refractivity contribution in [1.29, 1.82) is 0 Å². The van der Waals surface area contributed by atoms with Crippen LogP contribution in [-0.4, -0.2) is 30.8 Å². The number of aryl methyl sites for hydroxylation is 1. The summed E-state index contributed by atoms with van der Waals surface area (Å²) in [6.07, 6.45) is -2.58. The number of halogens is 3. The largest absolute Gasteiger partial charge is 0.573 e. The van der Waals surface area contributed by atoms with Crippen molar-refractivity contribution in [2.24, 2.45) is 0 Å². The molecule has 1 atom stereocenters. The molecule has 0 spiro atoms.